The van der Waals surface area contributed by atoms with E-state index in [1.54, 1.807) is 10.9 Å². The van der Waals surface area contributed by atoms with E-state index in [0.29, 0.717) is 30.1 Å². The highest BCUT2D eigenvalue weighted by Crippen LogP contribution is 2.29. The molecule has 1 saturated heterocycles. The highest BCUT2D eigenvalue weighted by Gasteiger charge is 2.32. The highest BCUT2D eigenvalue weighted by molar-refractivity contribution is 5.91. The molecule has 7 heteroatoms. The van der Waals surface area contributed by atoms with Crippen molar-refractivity contribution in [2.45, 2.75) is 83.2 Å². The number of aryl methyl sites for hydroxylation is 1. The SMILES string of the molecule is O=C(NCC1CC1)c1cn(CCC2CCCCN2C(=O)C2CCCCC2)nn1. The number of nitrogens with one attached hydrogen (secondary N) is 1. The fourth-order valence-electron chi connectivity index (χ4n) is 4.62. The number of likely N-dealkylation sites (tertiary alicyclic amines) is 1. The van der Waals surface area contributed by atoms with E-state index in [2.05, 4.69) is 20.5 Å². The van der Waals surface area contributed by atoms with Crippen molar-refractivity contribution in [3.8, 4) is 0 Å². The van der Waals surface area contributed by atoms with Crippen molar-refractivity contribution in [3.05, 3.63) is 11.9 Å². The van der Waals surface area contributed by atoms with Crippen LogP contribution >= 0.6 is 0 Å². The molecule has 0 spiro atoms. The molecule has 0 aromatic carbocycles. The number of carbonyl (C=O) groups is 2. The van der Waals surface area contributed by atoms with Crippen LogP contribution in [0.1, 0.15) is 81.1 Å². The third-order valence-electron chi connectivity index (χ3n) is 6.58. The van der Waals surface area contributed by atoms with E-state index in [4.69, 9.17) is 0 Å². The molecule has 154 valence electrons. The van der Waals surface area contributed by atoms with Crippen LogP contribution < -0.4 is 5.32 Å². The predicted octanol–water partition coefficient (Wildman–Crippen LogP) is 2.77. The lowest BCUT2D eigenvalue weighted by Crippen LogP contribution is -2.47. The smallest absolute Gasteiger partial charge is 0.273 e. The number of carbonyl (C=O) groups excluding carboxylic acids is 2. The Bertz CT molecular complexity index is 678. The number of rotatable bonds is 7. The summed E-state index contributed by atoms with van der Waals surface area (Å²) in [4.78, 5) is 27.3. The molecule has 3 fully saturated rings. The summed E-state index contributed by atoms with van der Waals surface area (Å²) in [6, 6.07) is 0.291. The Kier molecular flexibility index (Phi) is 6.27. The molecule has 1 aliphatic heterocycles. The molecule has 28 heavy (non-hydrogen) atoms. The van der Waals surface area contributed by atoms with Crippen LogP contribution in [0.2, 0.25) is 0 Å². The quantitative estimate of drug-likeness (QED) is 0.780. The average Bonchev–Trinajstić information content (AvgIpc) is 3.46. The summed E-state index contributed by atoms with van der Waals surface area (Å²) in [5.41, 5.74) is 0.388. The Morgan fingerprint density at radius 1 is 1.04 bits per heavy atom. The Balaban J connectivity index is 1.29. The van der Waals surface area contributed by atoms with Crippen molar-refractivity contribution >= 4 is 11.8 Å². The Labute approximate surface area is 167 Å². The van der Waals surface area contributed by atoms with Gasteiger partial charge in [-0.2, -0.15) is 0 Å². The van der Waals surface area contributed by atoms with Crippen LogP contribution in [0.4, 0.5) is 0 Å². The molecule has 3 aliphatic rings. The molecule has 1 N–H and O–H groups in total. The fraction of sp³-hybridized carbons (Fsp3) is 0.810. The number of nitrogens with zero attached hydrogens (tertiary/aromatic N) is 4. The lowest BCUT2D eigenvalue weighted by atomic mass is 9.87. The van der Waals surface area contributed by atoms with E-state index in [9.17, 15) is 9.59 Å². The maximum absolute atomic E-state index is 13.0. The minimum absolute atomic E-state index is 0.134. The molecule has 1 unspecified atom stereocenters. The Morgan fingerprint density at radius 3 is 2.61 bits per heavy atom. The lowest BCUT2D eigenvalue weighted by Gasteiger charge is -2.38. The molecular weight excluding hydrogens is 354 g/mol. The summed E-state index contributed by atoms with van der Waals surface area (Å²) >= 11 is 0. The molecule has 2 amide bonds. The van der Waals surface area contributed by atoms with E-state index < -0.39 is 0 Å². The number of hydrogen-bond acceptors (Lipinski definition) is 4. The van der Waals surface area contributed by atoms with Crippen LogP contribution in [0, 0.1) is 11.8 Å². The van der Waals surface area contributed by atoms with Gasteiger partial charge in [-0.25, -0.2) is 0 Å². The maximum Gasteiger partial charge on any atom is 0.273 e. The maximum atomic E-state index is 13.0. The first-order valence-corrected chi connectivity index (χ1v) is 11.2. The van der Waals surface area contributed by atoms with Gasteiger partial charge in [0.1, 0.15) is 0 Å². The molecule has 2 saturated carbocycles. The van der Waals surface area contributed by atoms with E-state index in [1.807, 2.05) is 0 Å². The summed E-state index contributed by atoms with van der Waals surface area (Å²) in [5.74, 6) is 1.13. The summed E-state index contributed by atoms with van der Waals surface area (Å²) in [7, 11) is 0. The Morgan fingerprint density at radius 2 is 1.82 bits per heavy atom. The van der Waals surface area contributed by atoms with Crippen molar-refractivity contribution in [2.75, 3.05) is 13.1 Å². The first-order chi connectivity index (χ1) is 13.7. The standard InChI is InChI=1S/C21H33N5O2/c27-20(22-14-16-9-10-16)19-15-25(24-23-19)13-11-18-8-4-5-12-26(18)21(28)17-6-2-1-3-7-17/h15-18H,1-14H2,(H,22,27). The van der Waals surface area contributed by atoms with E-state index in [1.165, 1.54) is 38.5 Å². The van der Waals surface area contributed by atoms with E-state index in [0.717, 1.165) is 45.2 Å². The number of aromatic nitrogens is 3. The van der Waals surface area contributed by atoms with Crippen LogP contribution in [0.25, 0.3) is 0 Å². The summed E-state index contributed by atoms with van der Waals surface area (Å²) in [6.07, 6.45) is 14.2. The monoisotopic (exact) mass is 387 g/mol. The fourth-order valence-corrected chi connectivity index (χ4v) is 4.62. The van der Waals surface area contributed by atoms with Gasteiger partial charge in [-0.3, -0.25) is 14.3 Å². The minimum atomic E-state index is -0.134. The number of hydrogen-bond donors (Lipinski definition) is 1. The van der Waals surface area contributed by atoms with Crippen LogP contribution in [0.5, 0.6) is 0 Å². The average molecular weight is 388 g/mol. The zero-order chi connectivity index (χ0) is 19.3. The zero-order valence-electron chi connectivity index (χ0n) is 16.8. The van der Waals surface area contributed by atoms with Crippen molar-refractivity contribution in [2.24, 2.45) is 11.8 Å². The third-order valence-corrected chi connectivity index (χ3v) is 6.58. The molecule has 7 nitrogen and oxygen atoms in total. The first-order valence-electron chi connectivity index (χ1n) is 11.2. The van der Waals surface area contributed by atoms with Gasteiger partial charge in [0, 0.05) is 31.6 Å². The lowest BCUT2D eigenvalue weighted by molar-refractivity contribution is -0.140. The van der Waals surface area contributed by atoms with Gasteiger partial charge >= 0.3 is 0 Å². The van der Waals surface area contributed by atoms with Gasteiger partial charge in [0.15, 0.2) is 5.69 Å². The Hall–Kier alpha value is -1.92. The number of amides is 2. The predicted molar refractivity (Wildman–Crippen MR) is 106 cm³/mol. The molecule has 2 aliphatic carbocycles. The molecule has 4 rings (SSSR count). The third kappa shape index (κ3) is 4.92. The molecule has 0 radical (unpaired) electrons. The van der Waals surface area contributed by atoms with Crippen LogP contribution in [-0.4, -0.2) is 50.8 Å². The molecule has 1 atom stereocenters. The van der Waals surface area contributed by atoms with Crippen LogP contribution in [0.3, 0.4) is 0 Å². The van der Waals surface area contributed by atoms with Gasteiger partial charge in [0.2, 0.25) is 5.91 Å². The van der Waals surface area contributed by atoms with E-state index >= 15 is 0 Å². The zero-order valence-corrected chi connectivity index (χ0v) is 16.8. The van der Waals surface area contributed by atoms with Gasteiger partial charge in [0.05, 0.1) is 6.20 Å². The molecule has 1 aromatic heterocycles. The van der Waals surface area contributed by atoms with Gasteiger partial charge in [-0.1, -0.05) is 24.5 Å². The first kappa shape index (κ1) is 19.4. The van der Waals surface area contributed by atoms with Crippen molar-refractivity contribution in [3.63, 3.8) is 0 Å². The highest BCUT2D eigenvalue weighted by atomic mass is 16.2. The van der Waals surface area contributed by atoms with Gasteiger partial charge in [-0.15, -0.1) is 5.10 Å². The van der Waals surface area contributed by atoms with Crippen molar-refractivity contribution in [1.29, 1.82) is 0 Å². The topological polar surface area (TPSA) is 80.1 Å². The summed E-state index contributed by atoms with van der Waals surface area (Å²) < 4.78 is 1.75. The summed E-state index contributed by atoms with van der Waals surface area (Å²) in [6.45, 7) is 2.33. The second kappa shape index (κ2) is 9.05. The van der Waals surface area contributed by atoms with E-state index in [-0.39, 0.29) is 11.8 Å². The largest absolute Gasteiger partial charge is 0.350 e. The number of piperidine rings is 1. The summed E-state index contributed by atoms with van der Waals surface area (Å²) in [5, 5.41) is 11.1. The minimum Gasteiger partial charge on any atom is -0.350 e. The van der Waals surface area contributed by atoms with Gasteiger partial charge in [-0.05, 0) is 57.3 Å². The second-order valence-electron chi connectivity index (χ2n) is 8.83. The van der Waals surface area contributed by atoms with Gasteiger partial charge < -0.3 is 10.2 Å². The van der Waals surface area contributed by atoms with Crippen molar-refractivity contribution < 1.29 is 9.59 Å². The second-order valence-corrected chi connectivity index (χ2v) is 8.83. The van der Waals surface area contributed by atoms with Crippen molar-refractivity contribution in [1.82, 2.24) is 25.2 Å². The molecular formula is C21H33N5O2. The molecule has 2 heterocycles. The molecule has 1 aromatic rings. The normalized spacial score (nSPS) is 23.6. The van der Waals surface area contributed by atoms with Crippen LogP contribution in [-0.2, 0) is 11.3 Å². The van der Waals surface area contributed by atoms with Gasteiger partial charge in [0.25, 0.3) is 5.91 Å². The molecule has 0 bridgehead atoms. The van der Waals surface area contributed by atoms with Crippen LogP contribution in [0.15, 0.2) is 6.20 Å².